The van der Waals surface area contributed by atoms with Crippen LogP contribution in [-0.2, 0) is 25.3 Å². The monoisotopic (exact) mass is 378 g/mol. The van der Waals surface area contributed by atoms with E-state index in [1.54, 1.807) is 6.92 Å². The molecular weight excluding hydrogens is 355 g/mol. The highest BCUT2D eigenvalue weighted by Crippen LogP contribution is 2.33. The number of rotatable bonds is 10. The first-order valence-corrected chi connectivity index (χ1v) is 8.79. The van der Waals surface area contributed by atoms with E-state index in [2.05, 4.69) is 0 Å². The van der Waals surface area contributed by atoms with Crippen LogP contribution in [0.3, 0.4) is 0 Å². The minimum atomic E-state index is -2.33. The van der Waals surface area contributed by atoms with Gasteiger partial charge < -0.3 is 23.9 Å². The number of carbonyl (C=O) groups is 1. The third kappa shape index (κ3) is 6.12. The molecule has 2 N–H and O–H groups in total. The zero-order valence-electron chi connectivity index (χ0n) is 14.5. The Bertz CT molecular complexity index is 604. The Morgan fingerprint density at radius 3 is 2.20 bits per heavy atom. The van der Waals surface area contributed by atoms with Crippen LogP contribution >= 0.6 is 0 Å². The van der Waals surface area contributed by atoms with E-state index in [4.69, 9.17) is 19.3 Å². The zero-order valence-corrected chi connectivity index (χ0v) is 15.3. The molecular formula is C16H23FO7S. The minimum absolute atomic E-state index is 0.0130. The largest absolute Gasteiger partial charge is 0.423 e. The number of aliphatic hydroxyl groups excluding tert-OH is 1. The molecule has 1 aromatic rings. The van der Waals surface area contributed by atoms with Gasteiger partial charge in [-0.25, -0.2) is 8.60 Å². The molecule has 0 aliphatic rings. The minimum Gasteiger partial charge on any atom is -0.423 e. The quantitative estimate of drug-likeness (QED) is 0.276. The van der Waals surface area contributed by atoms with E-state index in [1.807, 2.05) is 0 Å². The van der Waals surface area contributed by atoms with Crippen LogP contribution in [0.25, 0.3) is 0 Å². The summed E-state index contributed by atoms with van der Waals surface area (Å²) in [5, 5.41) is 8.52. The van der Waals surface area contributed by atoms with Gasteiger partial charge in [-0.2, -0.15) is 0 Å². The first kappa shape index (κ1) is 21.7. The van der Waals surface area contributed by atoms with Gasteiger partial charge in [0.1, 0.15) is 0 Å². The van der Waals surface area contributed by atoms with Crippen molar-refractivity contribution >= 4 is 17.0 Å². The summed E-state index contributed by atoms with van der Waals surface area (Å²) < 4.78 is 50.3. The smallest absolute Gasteiger partial charge is 0.313 e. The fraction of sp³-hybridized carbons (Fsp3) is 0.562. The first-order valence-electron chi connectivity index (χ1n) is 7.68. The van der Waals surface area contributed by atoms with Gasteiger partial charge >= 0.3 is 5.97 Å². The second kappa shape index (κ2) is 10.6. The Morgan fingerprint density at radius 1 is 1.04 bits per heavy atom. The lowest BCUT2D eigenvalue weighted by Crippen LogP contribution is -2.16. The molecule has 1 aromatic carbocycles. The van der Waals surface area contributed by atoms with Gasteiger partial charge in [0.2, 0.25) is 0 Å². The number of halogens is 1. The van der Waals surface area contributed by atoms with Gasteiger partial charge in [0.25, 0.3) is 0 Å². The summed E-state index contributed by atoms with van der Waals surface area (Å²) in [6.07, 6.45) is -0.0787. The number of carbonyl (C=O) groups excluding carboxylic acids is 1. The van der Waals surface area contributed by atoms with Gasteiger partial charge in [-0.1, -0.05) is 0 Å². The standard InChI is InChI=1S/C16H23FO7S/c1-10-11(2)16(25(20)21)12(3)14(17)15(10)24-13(19)4-6-22-8-9-23-7-5-18/h18H,4-9H2,1-3H3,(H,20,21). The Kier molecular flexibility index (Phi) is 9.15. The van der Waals surface area contributed by atoms with Crippen LogP contribution in [0.15, 0.2) is 4.90 Å². The molecule has 0 aliphatic heterocycles. The number of hydrogen-bond donors (Lipinski definition) is 2. The highest BCUT2D eigenvalue weighted by molar-refractivity contribution is 7.79. The highest BCUT2D eigenvalue weighted by Gasteiger charge is 2.23. The molecule has 0 aliphatic carbocycles. The van der Waals surface area contributed by atoms with E-state index < -0.39 is 22.9 Å². The fourth-order valence-electron chi connectivity index (χ4n) is 2.15. The third-order valence-corrected chi connectivity index (χ3v) is 4.52. The molecule has 142 valence electrons. The van der Waals surface area contributed by atoms with Gasteiger partial charge in [-0.05, 0) is 31.9 Å². The van der Waals surface area contributed by atoms with E-state index in [0.717, 1.165) is 0 Å². The van der Waals surface area contributed by atoms with Crippen molar-refractivity contribution in [3.63, 3.8) is 0 Å². The number of esters is 1. The topological polar surface area (TPSA) is 102 Å². The number of ether oxygens (including phenoxy) is 3. The summed E-state index contributed by atoms with van der Waals surface area (Å²) >= 11 is -2.33. The molecule has 1 rings (SSSR count). The summed E-state index contributed by atoms with van der Waals surface area (Å²) in [5.74, 6) is -1.73. The van der Waals surface area contributed by atoms with Gasteiger partial charge in [-0.15, -0.1) is 0 Å². The summed E-state index contributed by atoms with van der Waals surface area (Å²) in [4.78, 5) is 11.8. The Balaban J connectivity index is 2.65. The lowest BCUT2D eigenvalue weighted by atomic mass is 10.0. The molecule has 0 spiro atoms. The molecule has 9 heteroatoms. The van der Waals surface area contributed by atoms with Crippen LogP contribution in [0, 0.1) is 26.6 Å². The van der Waals surface area contributed by atoms with Crippen molar-refractivity contribution in [2.75, 3.05) is 33.0 Å². The number of aliphatic hydroxyl groups is 1. The summed E-state index contributed by atoms with van der Waals surface area (Å²) in [7, 11) is 0. The van der Waals surface area contributed by atoms with E-state index in [9.17, 15) is 17.9 Å². The van der Waals surface area contributed by atoms with Crippen LogP contribution < -0.4 is 4.74 Å². The van der Waals surface area contributed by atoms with Crippen LogP contribution in [-0.4, -0.2) is 52.9 Å². The molecule has 0 saturated heterocycles. The van der Waals surface area contributed by atoms with Gasteiger partial charge in [-0.3, -0.25) is 4.79 Å². The molecule has 0 saturated carbocycles. The summed E-state index contributed by atoms with van der Waals surface area (Å²) in [5.41, 5.74) is 0.677. The predicted molar refractivity (Wildman–Crippen MR) is 88.6 cm³/mol. The maximum absolute atomic E-state index is 14.4. The molecule has 0 heterocycles. The zero-order chi connectivity index (χ0) is 19.0. The van der Waals surface area contributed by atoms with Gasteiger partial charge in [0.15, 0.2) is 22.6 Å². The molecule has 0 radical (unpaired) electrons. The molecule has 1 unspecified atom stereocenters. The fourth-order valence-corrected chi connectivity index (χ4v) is 2.91. The first-order chi connectivity index (χ1) is 11.8. The summed E-state index contributed by atoms with van der Waals surface area (Å²) in [6, 6.07) is 0. The average Bonchev–Trinajstić information content (AvgIpc) is 2.56. The third-order valence-electron chi connectivity index (χ3n) is 3.56. The summed E-state index contributed by atoms with van der Waals surface area (Å²) in [6.45, 7) is 5.23. The van der Waals surface area contributed by atoms with Crippen molar-refractivity contribution in [2.45, 2.75) is 32.1 Å². The molecule has 0 amide bonds. The van der Waals surface area contributed by atoms with Crippen LogP contribution in [0.4, 0.5) is 4.39 Å². The SMILES string of the molecule is Cc1c(C)c(S(=O)O)c(C)c(F)c1OC(=O)CCOCCOCCO. The normalized spacial score (nSPS) is 12.2. The molecule has 0 bridgehead atoms. The van der Waals surface area contributed by atoms with Crippen molar-refractivity contribution in [3.05, 3.63) is 22.5 Å². The van der Waals surface area contributed by atoms with E-state index >= 15 is 0 Å². The van der Waals surface area contributed by atoms with Crippen molar-refractivity contribution in [3.8, 4) is 5.75 Å². The molecule has 0 fully saturated rings. The van der Waals surface area contributed by atoms with Crippen molar-refractivity contribution < 1.29 is 37.3 Å². The van der Waals surface area contributed by atoms with E-state index in [-0.39, 0.29) is 49.1 Å². The Hall–Kier alpha value is -1.39. The lowest BCUT2D eigenvalue weighted by molar-refractivity contribution is -0.136. The van der Waals surface area contributed by atoms with Crippen LogP contribution in [0.2, 0.25) is 0 Å². The van der Waals surface area contributed by atoms with Crippen LogP contribution in [0.5, 0.6) is 5.75 Å². The highest BCUT2D eigenvalue weighted by atomic mass is 32.2. The molecule has 25 heavy (non-hydrogen) atoms. The van der Waals surface area contributed by atoms with Crippen molar-refractivity contribution in [2.24, 2.45) is 0 Å². The second-order valence-corrected chi connectivity index (χ2v) is 6.18. The lowest BCUT2D eigenvalue weighted by Gasteiger charge is -2.16. The second-order valence-electron chi connectivity index (χ2n) is 5.27. The Morgan fingerprint density at radius 2 is 1.64 bits per heavy atom. The van der Waals surface area contributed by atoms with Gasteiger partial charge in [0.05, 0.1) is 44.4 Å². The van der Waals surface area contributed by atoms with Crippen LogP contribution in [0.1, 0.15) is 23.1 Å². The molecule has 1 atom stereocenters. The Labute approximate surface area is 148 Å². The van der Waals surface area contributed by atoms with Gasteiger partial charge in [0, 0.05) is 5.56 Å². The van der Waals surface area contributed by atoms with Crippen molar-refractivity contribution in [1.82, 2.24) is 0 Å². The average molecular weight is 378 g/mol. The number of benzene rings is 1. The maximum atomic E-state index is 14.4. The van der Waals surface area contributed by atoms with E-state index in [0.29, 0.717) is 17.7 Å². The molecule has 0 aromatic heterocycles. The predicted octanol–water partition coefficient (Wildman–Crippen LogP) is 1.65. The van der Waals surface area contributed by atoms with Crippen molar-refractivity contribution in [1.29, 1.82) is 0 Å². The number of hydrogen-bond acceptors (Lipinski definition) is 6. The maximum Gasteiger partial charge on any atom is 0.313 e. The molecule has 7 nitrogen and oxygen atoms in total. The van der Waals surface area contributed by atoms with E-state index in [1.165, 1.54) is 13.8 Å².